The van der Waals surface area contributed by atoms with Gasteiger partial charge in [-0.1, -0.05) is 24.3 Å². The molecule has 21 heavy (non-hydrogen) atoms. The average molecular weight is 305 g/mol. The molecule has 2 aliphatic heterocycles. The first kappa shape index (κ1) is 14.9. The van der Waals surface area contributed by atoms with Crippen molar-refractivity contribution >= 4 is 17.7 Å². The fraction of sp³-hybridized carbons (Fsp3) is 0.588. The van der Waals surface area contributed by atoms with Crippen molar-refractivity contribution < 1.29 is 9.90 Å². The lowest BCUT2D eigenvalue weighted by atomic mass is 9.92. The fourth-order valence-corrected chi connectivity index (χ4v) is 4.64. The number of thioether (sulfide) groups is 1. The summed E-state index contributed by atoms with van der Waals surface area (Å²) in [5.74, 6) is 1.48. The number of nitrogens with zero attached hydrogens (tertiary/aromatic N) is 1. The number of hydrogen-bond donors (Lipinski definition) is 1. The molecule has 2 heterocycles. The minimum absolute atomic E-state index is 0.0531. The summed E-state index contributed by atoms with van der Waals surface area (Å²) in [4.78, 5) is 14.9. The van der Waals surface area contributed by atoms with E-state index in [0.29, 0.717) is 6.54 Å². The zero-order valence-electron chi connectivity index (χ0n) is 12.5. The summed E-state index contributed by atoms with van der Waals surface area (Å²) in [6.45, 7) is 3.38. The number of benzene rings is 1. The van der Waals surface area contributed by atoms with E-state index in [-0.39, 0.29) is 23.2 Å². The molecule has 1 aromatic carbocycles. The molecule has 0 saturated carbocycles. The normalized spacial score (nSPS) is 27.0. The number of amides is 1. The van der Waals surface area contributed by atoms with Crippen LogP contribution < -0.4 is 0 Å². The van der Waals surface area contributed by atoms with Gasteiger partial charge in [0, 0.05) is 19.0 Å². The van der Waals surface area contributed by atoms with E-state index in [4.69, 9.17) is 0 Å². The zero-order chi connectivity index (χ0) is 14.8. The summed E-state index contributed by atoms with van der Waals surface area (Å²) in [7, 11) is 0. The maximum atomic E-state index is 12.9. The summed E-state index contributed by atoms with van der Waals surface area (Å²) in [5, 5.41) is 9.75. The van der Waals surface area contributed by atoms with Gasteiger partial charge in [-0.2, -0.15) is 0 Å². The Morgan fingerprint density at radius 3 is 3.05 bits per heavy atom. The Bertz CT molecular complexity index is 517. The van der Waals surface area contributed by atoms with Crippen LogP contribution >= 0.6 is 11.8 Å². The van der Waals surface area contributed by atoms with Gasteiger partial charge in [-0.05, 0) is 43.1 Å². The molecule has 0 radical (unpaired) electrons. The Balaban J connectivity index is 1.77. The lowest BCUT2D eigenvalue weighted by Crippen LogP contribution is -2.44. The molecule has 0 aliphatic carbocycles. The van der Waals surface area contributed by atoms with Crippen molar-refractivity contribution in [1.82, 2.24) is 4.90 Å². The second-order valence-corrected chi connectivity index (χ2v) is 7.34. The van der Waals surface area contributed by atoms with E-state index in [1.165, 1.54) is 11.1 Å². The highest BCUT2D eigenvalue weighted by molar-refractivity contribution is 8.00. The molecule has 1 aromatic rings. The molecule has 1 N–H and O–H groups in total. The van der Waals surface area contributed by atoms with E-state index in [2.05, 4.69) is 18.2 Å². The average Bonchev–Trinajstić information content (AvgIpc) is 2.53. The third-order valence-corrected chi connectivity index (χ3v) is 5.90. The molecule has 1 amide bonds. The molecular weight excluding hydrogens is 282 g/mol. The van der Waals surface area contributed by atoms with Crippen LogP contribution in [-0.2, 0) is 11.2 Å². The summed E-state index contributed by atoms with van der Waals surface area (Å²) in [5.41, 5.74) is 2.51. The first-order valence-electron chi connectivity index (χ1n) is 7.83. The van der Waals surface area contributed by atoms with Gasteiger partial charge in [0.05, 0.1) is 6.10 Å². The summed E-state index contributed by atoms with van der Waals surface area (Å²) < 4.78 is 0. The number of aryl methyl sites for hydroxylation is 1. The van der Waals surface area contributed by atoms with Gasteiger partial charge in [-0.25, -0.2) is 0 Å². The molecule has 114 valence electrons. The number of carbonyl (C=O) groups is 1. The maximum absolute atomic E-state index is 12.9. The predicted molar refractivity (Wildman–Crippen MR) is 86.3 cm³/mol. The Morgan fingerprint density at radius 1 is 1.43 bits per heavy atom. The number of rotatable bonds is 2. The second kappa shape index (κ2) is 6.41. The van der Waals surface area contributed by atoms with Crippen molar-refractivity contribution in [2.45, 2.75) is 37.5 Å². The zero-order valence-corrected chi connectivity index (χ0v) is 13.3. The lowest BCUT2D eigenvalue weighted by molar-refractivity contribution is -0.133. The van der Waals surface area contributed by atoms with Crippen LogP contribution in [0.5, 0.6) is 0 Å². The van der Waals surface area contributed by atoms with Gasteiger partial charge in [-0.3, -0.25) is 4.79 Å². The van der Waals surface area contributed by atoms with E-state index in [9.17, 15) is 9.90 Å². The highest BCUT2D eigenvalue weighted by Gasteiger charge is 2.33. The van der Waals surface area contributed by atoms with Crippen LogP contribution in [0.15, 0.2) is 24.3 Å². The number of aliphatic hydroxyl groups excluding tert-OH is 1. The molecule has 4 heteroatoms. The van der Waals surface area contributed by atoms with Gasteiger partial charge in [-0.15, -0.1) is 11.8 Å². The van der Waals surface area contributed by atoms with Crippen LogP contribution in [0.3, 0.4) is 0 Å². The van der Waals surface area contributed by atoms with Crippen molar-refractivity contribution in [2.75, 3.05) is 18.8 Å². The Kier molecular flexibility index (Phi) is 4.55. The lowest BCUT2D eigenvalue weighted by Gasteiger charge is -2.37. The first-order chi connectivity index (χ1) is 10.2. The van der Waals surface area contributed by atoms with Gasteiger partial charge in [0.1, 0.15) is 5.25 Å². The third-order valence-electron chi connectivity index (χ3n) is 4.67. The third kappa shape index (κ3) is 3.11. The standard InChI is InChI=1S/C17H23NO2S/c1-12(19)14-6-4-9-18(11-14)17(20)16-15-7-3-2-5-13(15)8-10-21-16/h2-3,5,7,12,14,16,19H,4,6,8-11H2,1H3. The SMILES string of the molecule is CC(O)C1CCCN(C(=O)C2SCCc3ccccc32)C1. The number of piperidine rings is 1. The highest BCUT2D eigenvalue weighted by Crippen LogP contribution is 2.38. The number of likely N-dealkylation sites (tertiary alicyclic amines) is 1. The number of hydrogen-bond acceptors (Lipinski definition) is 3. The topological polar surface area (TPSA) is 40.5 Å². The van der Waals surface area contributed by atoms with Gasteiger partial charge in [0.2, 0.25) is 5.91 Å². The number of aliphatic hydroxyl groups is 1. The molecule has 1 saturated heterocycles. The van der Waals surface area contributed by atoms with Crippen LogP contribution in [0, 0.1) is 5.92 Å². The number of fused-ring (bicyclic) bond motifs is 1. The Labute approximate surface area is 130 Å². The molecule has 1 fully saturated rings. The van der Waals surface area contributed by atoms with E-state index in [1.54, 1.807) is 11.8 Å². The van der Waals surface area contributed by atoms with Crippen LogP contribution in [-0.4, -0.2) is 40.9 Å². The maximum Gasteiger partial charge on any atom is 0.240 e. The molecule has 0 spiro atoms. The second-order valence-electron chi connectivity index (χ2n) is 6.13. The minimum Gasteiger partial charge on any atom is -0.393 e. The van der Waals surface area contributed by atoms with Crippen molar-refractivity contribution in [3.63, 3.8) is 0 Å². The monoisotopic (exact) mass is 305 g/mol. The Hall–Kier alpha value is -1.00. The quantitative estimate of drug-likeness (QED) is 0.913. The highest BCUT2D eigenvalue weighted by atomic mass is 32.2. The summed E-state index contributed by atoms with van der Waals surface area (Å²) >= 11 is 1.76. The van der Waals surface area contributed by atoms with Crippen molar-refractivity contribution in [2.24, 2.45) is 5.92 Å². The molecule has 3 unspecified atom stereocenters. The molecule has 3 rings (SSSR count). The summed E-state index contributed by atoms with van der Waals surface area (Å²) in [6.07, 6.45) is 2.75. The van der Waals surface area contributed by atoms with E-state index >= 15 is 0 Å². The van der Waals surface area contributed by atoms with Gasteiger partial charge >= 0.3 is 0 Å². The molecule has 2 aliphatic rings. The van der Waals surface area contributed by atoms with Gasteiger partial charge in [0.15, 0.2) is 0 Å². The molecule has 3 nitrogen and oxygen atoms in total. The van der Waals surface area contributed by atoms with E-state index < -0.39 is 0 Å². The molecule has 0 aromatic heterocycles. The van der Waals surface area contributed by atoms with Crippen LogP contribution in [0.1, 0.15) is 36.1 Å². The van der Waals surface area contributed by atoms with Gasteiger partial charge < -0.3 is 10.0 Å². The molecule has 3 atom stereocenters. The van der Waals surface area contributed by atoms with E-state index in [1.807, 2.05) is 17.9 Å². The first-order valence-corrected chi connectivity index (χ1v) is 8.88. The van der Waals surface area contributed by atoms with Gasteiger partial charge in [0.25, 0.3) is 0 Å². The van der Waals surface area contributed by atoms with E-state index in [0.717, 1.165) is 31.6 Å². The van der Waals surface area contributed by atoms with Crippen LogP contribution in [0.4, 0.5) is 0 Å². The smallest absolute Gasteiger partial charge is 0.240 e. The van der Waals surface area contributed by atoms with Crippen molar-refractivity contribution in [1.29, 1.82) is 0 Å². The van der Waals surface area contributed by atoms with Crippen molar-refractivity contribution in [3.8, 4) is 0 Å². The van der Waals surface area contributed by atoms with Crippen LogP contribution in [0.2, 0.25) is 0 Å². The number of carbonyl (C=O) groups excluding carboxylic acids is 1. The van der Waals surface area contributed by atoms with Crippen molar-refractivity contribution in [3.05, 3.63) is 35.4 Å². The largest absolute Gasteiger partial charge is 0.393 e. The Morgan fingerprint density at radius 2 is 2.24 bits per heavy atom. The predicted octanol–water partition coefficient (Wildman–Crippen LogP) is 2.64. The minimum atomic E-state index is -0.327. The van der Waals surface area contributed by atoms with Crippen LogP contribution in [0.25, 0.3) is 0 Å². The fourth-order valence-electron chi connectivity index (χ4n) is 3.37. The molecule has 0 bridgehead atoms. The molecular formula is C17H23NO2S. The summed E-state index contributed by atoms with van der Waals surface area (Å²) in [6, 6.07) is 8.32.